The first-order chi connectivity index (χ1) is 5.70. The van der Waals surface area contributed by atoms with Crippen LogP contribution in [0.4, 0.5) is 0 Å². The number of aliphatic carboxylic acids is 1. The van der Waals surface area contributed by atoms with E-state index in [0.29, 0.717) is 6.42 Å². The SMILES string of the molecule is N[C@@H](Cc1ccccc1)C(=O)O.[SnH4]. The summed E-state index contributed by atoms with van der Waals surface area (Å²) in [5.74, 6) is -0.959. The van der Waals surface area contributed by atoms with Crippen LogP contribution in [0.15, 0.2) is 30.3 Å². The zero-order chi connectivity index (χ0) is 8.97. The van der Waals surface area contributed by atoms with Gasteiger partial charge >= 0.3 is 29.9 Å². The van der Waals surface area contributed by atoms with E-state index in [1.54, 1.807) is 0 Å². The van der Waals surface area contributed by atoms with Gasteiger partial charge in [0.1, 0.15) is 6.04 Å². The molecule has 1 aromatic carbocycles. The summed E-state index contributed by atoms with van der Waals surface area (Å²) in [4.78, 5) is 10.4. The molecule has 0 aliphatic carbocycles. The first-order valence-corrected chi connectivity index (χ1v) is 3.72. The number of hydrogen-bond donors (Lipinski definition) is 2. The molecule has 0 saturated heterocycles. The molecule has 3 nitrogen and oxygen atoms in total. The normalized spacial score (nSPS) is 11.5. The molecule has 0 bridgehead atoms. The quantitative estimate of drug-likeness (QED) is 0.715. The zero-order valence-electron chi connectivity index (χ0n) is 6.60. The Hall–Kier alpha value is -0.551. The van der Waals surface area contributed by atoms with Gasteiger partial charge in [-0.1, -0.05) is 30.3 Å². The summed E-state index contributed by atoms with van der Waals surface area (Å²) in [6.07, 6.45) is 0.385. The van der Waals surface area contributed by atoms with Crippen molar-refractivity contribution in [1.29, 1.82) is 0 Å². The van der Waals surface area contributed by atoms with E-state index in [1.165, 1.54) is 0 Å². The number of nitrogens with two attached hydrogens (primary N) is 1. The van der Waals surface area contributed by atoms with Crippen LogP contribution in [0.25, 0.3) is 0 Å². The van der Waals surface area contributed by atoms with Gasteiger partial charge in [-0.05, 0) is 12.0 Å². The third-order valence-corrected chi connectivity index (χ3v) is 1.62. The molecule has 0 aliphatic rings. The molecule has 0 unspecified atom stereocenters. The average molecular weight is 288 g/mol. The molecule has 0 radical (unpaired) electrons. The number of benzene rings is 1. The average Bonchev–Trinajstić information content (AvgIpc) is 2.06. The fourth-order valence-corrected chi connectivity index (χ4v) is 0.955. The van der Waals surface area contributed by atoms with Crippen LogP contribution in [0, 0.1) is 0 Å². The predicted octanol–water partition coefficient (Wildman–Crippen LogP) is -0.811. The van der Waals surface area contributed by atoms with Crippen LogP contribution in [0.1, 0.15) is 5.56 Å². The number of hydrogen-bond acceptors (Lipinski definition) is 2. The molecule has 0 aliphatic heterocycles. The van der Waals surface area contributed by atoms with E-state index in [2.05, 4.69) is 0 Å². The molecule has 3 N–H and O–H groups in total. The Morgan fingerprint density at radius 1 is 1.38 bits per heavy atom. The van der Waals surface area contributed by atoms with Crippen molar-refractivity contribution in [2.75, 3.05) is 0 Å². The minimum absolute atomic E-state index is 0. The van der Waals surface area contributed by atoms with Crippen LogP contribution < -0.4 is 5.73 Å². The summed E-state index contributed by atoms with van der Waals surface area (Å²) in [7, 11) is 0. The molecule has 0 fully saturated rings. The summed E-state index contributed by atoms with van der Waals surface area (Å²) in [6, 6.07) is 8.54. The van der Waals surface area contributed by atoms with Crippen LogP contribution in [0.5, 0.6) is 0 Å². The van der Waals surface area contributed by atoms with Crippen molar-refractivity contribution in [2.24, 2.45) is 5.73 Å². The fraction of sp³-hybridized carbons (Fsp3) is 0.222. The fourth-order valence-electron chi connectivity index (χ4n) is 0.955. The van der Waals surface area contributed by atoms with Gasteiger partial charge in [-0.15, -0.1) is 0 Å². The van der Waals surface area contributed by atoms with E-state index in [4.69, 9.17) is 10.8 Å². The van der Waals surface area contributed by atoms with Crippen molar-refractivity contribution in [3.8, 4) is 0 Å². The van der Waals surface area contributed by atoms with E-state index in [0.717, 1.165) is 5.56 Å². The van der Waals surface area contributed by atoms with E-state index < -0.39 is 12.0 Å². The molecule has 13 heavy (non-hydrogen) atoms. The Kier molecular flexibility index (Phi) is 5.73. The zero-order valence-corrected chi connectivity index (χ0v) is 6.60. The summed E-state index contributed by atoms with van der Waals surface area (Å²) in [5.41, 5.74) is 6.30. The third-order valence-electron chi connectivity index (χ3n) is 1.62. The molecule has 1 aromatic rings. The maximum atomic E-state index is 10.4. The molecule has 4 heteroatoms. The van der Waals surface area contributed by atoms with Crippen LogP contribution >= 0.6 is 0 Å². The second-order valence-electron chi connectivity index (χ2n) is 2.63. The molecular formula is C9H15NO2Sn. The van der Waals surface area contributed by atoms with Gasteiger partial charge in [0, 0.05) is 0 Å². The molecule has 0 heterocycles. The first kappa shape index (κ1) is 12.4. The monoisotopic (exact) mass is 289 g/mol. The second-order valence-corrected chi connectivity index (χ2v) is 2.63. The summed E-state index contributed by atoms with van der Waals surface area (Å²) >= 11 is 0. The van der Waals surface area contributed by atoms with Gasteiger partial charge in [-0.2, -0.15) is 0 Å². The van der Waals surface area contributed by atoms with Gasteiger partial charge in [0.25, 0.3) is 0 Å². The maximum absolute atomic E-state index is 10.4. The Balaban J connectivity index is 0.00000144. The molecule has 72 valence electrons. The summed E-state index contributed by atoms with van der Waals surface area (Å²) in [6.45, 7) is 0. The molecule has 0 aromatic heterocycles. The van der Waals surface area contributed by atoms with Gasteiger partial charge < -0.3 is 10.8 Å². The van der Waals surface area contributed by atoms with Crippen molar-refractivity contribution >= 4 is 29.9 Å². The van der Waals surface area contributed by atoms with Gasteiger partial charge in [0.05, 0.1) is 0 Å². The van der Waals surface area contributed by atoms with Gasteiger partial charge in [-0.3, -0.25) is 4.79 Å². The van der Waals surface area contributed by atoms with Crippen molar-refractivity contribution in [2.45, 2.75) is 12.5 Å². The van der Waals surface area contributed by atoms with E-state index in [9.17, 15) is 4.79 Å². The Bertz CT molecular complexity index is 264. The Labute approximate surface area is 93.9 Å². The van der Waals surface area contributed by atoms with Crippen LogP contribution in [0.3, 0.4) is 0 Å². The van der Waals surface area contributed by atoms with Crippen LogP contribution in [0.2, 0.25) is 0 Å². The molecule has 0 saturated carbocycles. The van der Waals surface area contributed by atoms with E-state index in [1.807, 2.05) is 30.3 Å². The van der Waals surface area contributed by atoms with E-state index in [-0.39, 0.29) is 23.9 Å². The van der Waals surface area contributed by atoms with Crippen LogP contribution in [-0.4, -0.2) is 41.0 Å². The number of carbonyl (C=O) groups is 1. The Morgan fingerprint density at radius 2 is 1.92 bits per heavy atom. The third kappa shape index (κ3) is 4.28. The van der Waals surface area contributed by atoms with Crippen molar-refractivity contribution in [3.63, 3.8) is 0 Å². The van der Waals surface area contributed by atoms with Crippen molar-refractivity contribution in [1.82, 2.24) is 0 Å². The van der Waals surface area contributed by atoms with Gasteiger partial charge in [-0.25, -0.2) is 0 Å². The summed E-state index contributed by atoms with van der Waals surface area (Å²) < 4.78 is 0. The molecule has 1 rings (SSSR count). The number of carboxylic acids is 1. The Morgan fingerprint density at radius 3 is 2.38 bits per heavy atom. The predicted molar refractivity (Wildman–Crippen MR) is 57.1 cm³/mol. The standard InChI is InChI=1S/C9H11NO2.Sn.4H/c10-8(9(11)12)6-7-4-2-1-3-5-7;;;;;/h1-5,8H,6,10H2,(H,11,12);;;;;/t8-;;;;;/m0...../s1. The van der Waals surface area contributed by atoms with Crippen LogP contribution in [-0.2, 0) is 11.2 Å². The topological polar surface area (TPSA) is 63.3 Å². The van der Waals surface area contributed by atoms with Crippen molar-refractivity contribution < 1.29 is 9.90 Å². The molecular weight excluding hydrogens is 273 g/mol. The van der Waals surface area contributed by atoms with E-state index >= 15 is 0 Å². The first-order valence-electron chi connectivity index (χ1n) is 3.72. The molecule has 0 spiro atoms. The van der Waals surface area contributed by atoms with Gasteiger partial charge in [0.2, 0.25) is 0 Å². The minimum atomic E-state index is -0.959. The second kappa shape index (κ2) is 5.99. The number of rotatable bonds is 3. The molecule has 1 atom stereocenters. The summed E-state index contributed by atoms with van der Waals surface area (Å²) in [5, 5.41) is 8.52. The van der Waals surface area contributed by atoms with Crippen molar-refractivity contribution in [3.05, 3.63) is 35.9 Å². The number of carboxylic acid groups (broad SMARTS) is 1. The van der Waals surface area contributed by atoms with Gasteiger partial charge in [0.15, 0.2) is 0 Å². The molecule has 0 amide bonds.